The van der Waals surface area contributed by atoms with Gasteiger partial charge in [-0.15, -0.1) is 11.8 Å². The number of nitrogens with zero attached hydrogens (tertiary/aromatic N) is 3. The van der Waals surface area contributed by atoms with Crippen LogP contribution in [0, 0.1) is 0 Å². The van der Waals surface area contributed by atoms with Crippen molar-refractivity contribution in [3.63, 3.8) is 0 Å². The topological polar surface area (TPSA) is 29.0 Å². The summed E-state index contributed by atoms with van der Waals surface area (Å²) >= 11 is 9.18. The van der Waals surface area contributed by atoms with Gasteiger partial charge in [0.15, 0.2) is 5.16 Å². The van der Waals surface area contributed by atoms with Gasteiger partial charge in [0.2, 0.25) is 0 Å². The molecule has 0 fully saturated rings. The fourth-order valence-electron chi connectivity index (χ4n) is 1.36. The predicted octanol–water partition coefficient (Wildman–Crippen LogP) is 3.29. The molecule has 0 aliphatic carbocycles. The van der Waals surface area contributed by atoms with E-state index in [0.717, 1.165) is 35.6 Å². The van der Waals surface area contributed by atoms with Crippen molar-refractivity contribution in [3.8, 4) is 0 Å². The molecule has 0 aliphatic rings. The summed E-state index contributed by atoms with van der Waals surface area (Å²) in [6.45, 7) is 7.63. The molecule has 0 bridgehead atoms. The number of hydrogen-bond acceptors (Lipinski definition) is 5. The Balaban J connectivity index is 2.48. The summed E-state index contributed by atoms with van der Waals surface area (Å²) in [7, 11) is 0. The van der Waals surface area contributed by atoms with Crippen LogP contribution < -0.4 is 0 Å². The SMILES string of the molecule is CCN(CC)CCSc1cc(Cl)nc(SC)n1. The molecule has 1 rings (SSSR count). The summed E-state index contributed by atoms with van der Waals surface area (Å²) in [5, 5.41) is 2.22. The third-order valence-corrected chi connectivity index (χ3v) is 4.02. The third-order valence-electron chi connectivity index (χ3n) is 2.39. The quantitative estimate of drug-likeness (QED) is 0.437. The van der Waals surface area contributed by atoms with E-state index in [-0.39, 0.29) is 0 Å². The van der Waals surface area contributed by atoms with Gasteiger partial charge < -0.3 is 4.90 Å². The molecule has 0 unspecified atom stereocenters. The van der Waals surface area contributed by atoms with Crippen LogP contribution in [0.25, 0.3) is 0 Å². The minimum Gasteiger partial charge on any atom is -0.303 e. The van der Waals surface area contributed by atoms with Crippen LogP contribution >= 0.6 is 35.1 Å². The number of aromatic nitrogens is 2. The highest BCUT2D eigenvalue weighted by molar-refractivity contribution is 7.99. The fraction of sp³-hybridized carbons (Fsp3) is 0.636. The first-order chi connectivity index (χ1) is 8.19. The number of rotatable bonds is 7. The van der Waals surface area contributed by atoms with Gasteiger partial charge in [0, 0.05) is 18.4 Å². The fourth-order valence-corrected chi connectivity index (χ4v) is 3.00. The lowest BCUT2D eigenvalue weighted by Crippen LogP contribution is -2.25. The van der Waals surface area contributed by atoms with Crippen molar-refractivity contribution in [2.45, 2.75) is 24.0 Å². The molecular formula is C11H18ClN3S2. The van der Waals surface area contributed by atoms with E-state index in [1.54, 1.807) is 11.8 Å². The summed E-state index contributed by atoms with van der Waals surface area (Å²) < 4.78 is 0. The van der Waals surface area contributed by atoms with E-state index in [2.05, 4.69) is 28.7 Å². The van der Waals surface area contributed by atoms with Crippen molar-refractivity contribution in [3.05, 3.63) is 11.2 Å². The Morgan fingerprint density at radius 1 is 1.29 bits per heavy atom. The first-order valence-electron chi connectivity index (χ1n) is 5.63. The van der Waals surface area contributed by atoms with E-state index in [4.69, 9.17) is 11.6 Å². The highest BCUT2D eigenvalue weighted by Crippen LogP contribution is 2.21. The Hall–Kier alpha value is 0.0300. The Morgan fingerprint density at radius 3 is 2.59 bits per heavy atom. The molecule has 1 heterocycles. The standard InChI is InChI=1S/C11H18ClN3S2/c1-4-15(5-2)6-7-17-10-8-9(12)13-11(14-10)16-3/h8H,4-7H2,1-3H3. The van der Waals surface area contributed by atoms with Crippen LogP contribution in [0.2, 0.25) is 5.15 Å². The molecule has 0 spiro atoms. The van der Waals surface area contributed by atoms with Crippen LogP contribution in [0.5, 0.6) is 0 Å². The average Bonchev–Trinajstić information content (AvgIpc) is 2.34. The second-order valence-electron chi connectivity index (χ2n) is 3.39. The van der Waals surface area contributed by atoms with Crippen LogP contribution in [0.1, 0.15) is 13.8 Å². The van der Waals surface area contributed by atoms with Crippen LogP contribution in [0.15, 0.2) is 16.2 Å². The van der Waals surface area contributed by atoms with Crippen LogP contribution in [-0.4, -0.2) is 46.5 Å². The zero-order chi connectivity index (χ0) is 12.7. The van der Waals surface area contributed by atoms with Gasteiger partial charge in [-0.2, -0.15) is 0 Å². The molecule has 0 aromatic carbocycles. The van der Waals surface area contributed by atoms with Crippen molar-refractivity contribution < 1.29 is 0 Å². The average molecular weight is 292 g/mol. The van der Waals surface area contributed by atoms with Crippen molar-refractivity contribution in [2.75, 3.05) is 31.6 Å². The van der Waals surface area contributed by atoms with E-state index >= 15 is 0 Å². The van der Waals surface area contributed by atoms with Gasteiger partial charge in [0.1, 0.15) is 10.2 Å². The van der Waals surface area contributed by atoms with Gasteiger partial charge in [-0.25, -0.2) is 9.97 Å². The van der Waals surface area contributed by atoms with E-state index < -0.39 is 0 Å². The van der Waals surface area contributed by atoms with Gasteiger partial charge in [0.25, 0.3) is 0 Å². The van der Waals surface area contributed by atoms with Gasteiger partial charge in [-0.05, 0) is 19.3 Å². The van der Waals surface area contributed by atoms with Crippen molar-refractivity contribution in [1.82, 2.24) is 14.9 Å². The summed E-state index contributed by atoms with van der Waals surface area (Å²) in [4.78, 5) is 10.9. The lowest BCUT2D eigenvalue weighted by molar-refractivity contribution is 0.324. The van der Waals surface area contributed by atoms with Crippen LogP contribution in [0.4, 0.5) is 0 Å². The summed E-state index contributed by atoms with van der Waals surface area (Å²) in [5.74, 6) is 1.03. The van der Waals surface area contributed by atoms with E-state index in [9.17, 15) is 0 Å². The number of hydrogen-bond donors (Lipinski definition) is 0. The molecule has 0 saturated carbocycles. The van der Waals surface area contributed by atoms with E-state index in [0.29, 0.717) is 5.15 Å². The van der Waals surface area contributed by atoms with Gasteiger partial charge >= 0.3 is 0 Å². The predicted molar refractivity (Wildman–Crippen MR) is 77.3 cm³/mol. The van der Waals surface area contributed by atoms with Gasteiger partial charge in [-0.3, -0.25) is 0 Å². The molecule has 3 nitrogen and oxygen atoms in total. The summed E-state index contributed by atoms with van der Waals surface area (Å²) in [6.07, 6.45) is 1.95. The lowest BCUT2D eigenvalue weighted by Gasteiger charge is -2.17. The van der Waals surface area contributed by atoms with E-state index in [1.807, 2.05) is 12.3 Å². The minimum absolute atomic E-state index is 0.523. The molecule has 0 aliphatic heterocycles. The maximum Gasteiger partial charge on any atom is 0.189 e. The second-order valence-corrected chi connectivity index (χ2v) is 5.67. The molecule has 6 heteroatoms. The molecule has 0 radical (unpaired) electrons. The number of halogens is 1. The maximum absolute atomic E-state index is 5.94. The Morgan fingerprint density at radius 2 is 2.00 bits per heavy atom. The Labute approximate surface area is 117 Å². The van der Waals surface area contributed by atoms with E-state index in [1.165, 1.54) is 11.8 Å². The monoisotopic (exact) mass is 291 g/mol. The second kappa shape index (κ2) is 8.19. The molecule has 0 atom stereocenters. The maximum atomic E-state index is 5.94. The largest absolute Gasteiger partial charge is 0.303 e. The smallest absolute Gasteiger partial charge is 0.189 e. The number of thioether (sulfide) groups is 2. The molecule has 0 saturated heterocycles. The Kier molecular flexibility index (Phi) is 7.27. The third kappa shape index (κ3) is 5.46. The molecule has 1 aromatic heterocycles. The van der Waals surface area contributed by atoms with Gasteiger partial charge in [-0.1, -0.05) is 37.2 Å². The van der Waals surface area contributed by atoms with Gasteiger partial charge in [0.05, 0.1) is 0 Å². The lowest BCUT2D eigenvalue weighted by atomic mass is 10.5. The molecule has 96 valence electrons. The minimum atomic E-state index is 0.523. The zero-order valence-electron chi connectivity index (χ0n) is 10.4. The summed E-state index contributed by atoms with van der Waals surface area (Å²) in [5.41, 5.74) is 0. The molecule has 0 amide bonds. The molecule has 1 aromatic rings. The zero-order valence-corrected chi connectivity index (χ0v) is 12.8. The first-order valence-corrected chi connectivity index (χ1v) is 8.22. The van der Waals surface area contributed by atoms with Crippen LogP contribution in [0.3, 0.4) is 0 Å². The highest BCUT2D eigenvalue weighted by Gasteiger charge is 2.04. The normalized spacial score (nSPS) is 11.1. The van der Waals surface area contributed by atoms with Crippen molar-refractivity contribution in [2.24, 2.45) is 0 Å². The van der Waals surface area contributed by atoms with Crippen molar-refractivity contribution >= 4 is 35.1 Å². The highest BCUT2D eigenvalue weighted by atomic mass is 35.5. The molecular weight excluding hydrogens is 274 g/mol. The summed E-state index contributed by atoms with van der Waals surface area (Å²) in [6, 6.07) is 1.83. The first kappa shape index (κ1) is 15.1. The van der Waals surface area contributed by atoms with Crippen LogP contribution in [-0.2, 0) is 0 Å². The Bertz CT molecular complexity index is 345. The van der Waals surface area contributed by atoms with Crippen molar-refractivity contribution in [1.29, 1.82) is 0 Å². The molecule has 17 heavy (non-hydrogen) atoms. The molecule has 0 N–H and O–H groups in total.